The van der Waals surface area contributed by atoms with E-state index in [4.69, 9.17) is 14.2 Å². The third-order valence-electron chi connectivity index (χ3n) is 6.33. The van der Waals surface area contributed by atoms with Crippen LogP contribution in [0.5, 0.6) is 17.2 Å². The molecule has 4 rings (SSSR count). The van der Waals surface area contributed by atoms with Crippen LogP contribution in [-0.4, -0.2) is 75.9 Å². The highest BCUT2D eigenvalue weighted by Gasteiger charge is 2.35. The predicted molar refractivity (Wildman–Crippen MR) is 153 cm³/mol. The lowest BCUT2D eigenvalue weighted by molar-refractivity contribution is -0.121. The van der Waals surface area contributed by atoms with Gasteiger partial charge in [-0.3, -0.25) is 9.59 Å². The maximum absolute atomic E-state index is 12.5. The number of fused-ring (bicyclic) bond motifs is 1. The number of amides is 4. The molecule has 0 aromatic heterocycles. The van der Waals surface area contributed by atoms with Crippen molar-refractivity contribution in [3.8, 4) is 28.4 Å². The zero-order valence-electron chi connectivity index (χ0n) is 22.9. The maximum atomic E-state index is 12.5. The average molecular weight is 559 g/mol. The van der Waals surface area contributed by atoms with Gasteiger partial charge in [0.1, 0.15) is 0 Å². The van der Waals surface area contributed by atoms with Crippen molar-refractivity contribution in [2.45, 2.75) is 38.3 Å². The van der Waals surface area contributed by atoms with Gasteiger partial charge >= 0.3 is 6.03 Å². The van der Waals surface area contributed by atoms with Crippen LogP contribution in [-0.2, 0) is 4.79 Å². The molecule has 0 aliphatic carbocycles. The lowest BCUT2D eigenvalue weighted by Gasteiger charge is -2.14. The summed E-state index contributed by atoms with van der Waals surface area (Å²) in [5, 5.41) is 11.3. The summed E-state index contributed by atoms with van der Waals surface area (Å²) in [5.41, 5.74) is 2.20. The van der Waals surface area contributed by atoms with E-state index in [1.807, 2.05) is 43.0 Å². The highest BCUT2D eigenvalue weighted by molar-refractivity contribution is 7.99. The quantitative estimate of drug-likeness (QED) is 0.246. The molecule has 2 aliphatic heterocycles. The van der Waals surface area contributed by atoms with Crippen LogP contribution in [0.1, 0.15) is 36.5 Å². The Morgan fingerprint density at radius 1 is 0.923 bits per heavy atom. The fourth-order valence-electron chi connectivity index (χ4n) is 4.21. The third kappa shape index (κ3) is 8.44. The van der Waals surface area contributed by atoms with Crippen LogP contribution in [0.25, 0.3) is 11.1 Å². The van der Waals surface area contributed by atoms with Gasteiger partial charge in [0.25, 0.3) is 5.91 Å². The van der Waals surface area contributed by atoms with Gasteiger partial charge in [-0.2, -0.15) is 11.8 Å². The first-order valence-electron chi connectivity index (χ1n) is 13.0. The second-order valence-electron chi connectivity index (χ2n) is 9.07. The Balaban J connectivity index is 0.000000387. The van der Waals surface area contributed by atoms with Gasteiger partial charge in [0.2, 0.25) is 11.7 Å². The van der Waals surface area contributed by atoms with Crippen molar-refractivity contribution in [1.29, 1.82) is 0 Å². The number of rotatable bonds is 11. The van der Waals surface area contributed by atoms with Crippen LogP contribution in [0.3, 0.4) is 0 Å². The Labute approximate surface area is 233 Å². The molecule has 11 heteroatoms. The van der Waals surface area contributed by atoms with Crippen molar-refractivity contribution < 1.29 is 28.6 Å². The highest BCUT2D eigenvalue weighted by Crippen LogP contribution is 2.41. The molecule has 0 radical (unpaired) electrons. The largest absolute Gasteiger partial charge is 0.493 e. The first-order valence-corrected chi connectivity index (χ1v) is 14.2. The average Bonchev–Trinajstić information content (AvgIpc) is 3.54. The zero-order valence-corrected chi connectivity index (χ0v) is 23.7. The molecule has 2 aromatic carbocycles. The van der Waals surface area contributed by atoms with Crippen LogP contribution >= 0.6 is 11.8 Å². The minimum absolute atomic E-state index is 0.00491. The molecule has 2 fully saturated rings. The van der Waals surface area contributed by atoms with E-state index in [1.54, 1.807) is 33.5 Å². The molecule has 39 heavy (non-hydrogen) atoms. The molecule has 212 valence electrons. The van der Waals surface area contributed by atoms with Crippen molar-refractivity contribution in [3.63, 3.8) is 0 Å². The van der Waals surface area contributed by atoms with Gasteiger partial charge in [0, 0.05) is 36.6 Å². The summed E-state index contributed by atoms with van der Waals surface area (Å²) < 4.78 is 16.2. The molecule has 2 atom stereocenters. The van der Waals surface area contributed by atoms with Crippen LogP contribution < -0.4 is 35.5 Å². The summed E-state index contributed by atoms with van der Waals surface area (Å²) in [6.45, 7) is 2.81. The molecule has 2 aliphatic rings. The van der Waals surface area contributed by atoms with Gasteiger partial charge in [-0.1, -0.05) is 25.5 Å². The first-order chi connectivity index (χ1) is 18.9. The number of benzene rings is 2. The van der Waals surface area contributed by atoms with Gasteiger partial charge in [-0.05, 0) is 41.8 Å². The number of unbranched alkanes of at least 4 members (excludes halogenated alkanes) is 1. The lowest BCUT2D eigenvalue weighted by Crippen LogP contribution is -2.34. The third-order valence-corrected chi connectivity index (χ3v) is 7.52. The zero-order chi connectivity index (χ0) is 28.2. The molecule has 2 heterocycles. The van der Waals surface area contributed by atoms with Gasteiger partial charge < -0.3 is 35.5 Å². The van der Waals surface area contributed by atoms with E-state index in [0.29, 0.717) is 54.4 Å². The normalized spacial score (nSPS) is 17.1. The number of methoxy groups -OCH3 is 3. The van der Waals surface area contributed by atoms with Crippen molar-refractivity contribution in [1.82, 2.24) is 21.3 Å². The van der Waals surface area contributed by atoms with E-state index in [0.717, 1.165) is 35.5 Å². The number of nitrogens with one attached hydrogen (secondary N) is 4. The number of hydrogen-bond donors (Lipinski definition) is 4. The highest BCUT2D eigenvalue weighted by atomic mass is 32.2. The number of hydrogen-bond acceptors (Lipinski definition) is 7. The SMILES string of the molecule is CCCCC(=O)NCCNC(=O)c1cccc(-c2cc(OC)c(OC)c(OC)c2)c1.O=C1NC2CSC[C@@H]2N1. The fourth-order valence-corrected chi connectivity index (χ4v) is 5.49. The van der Waals surface area contributed by atoms with Crippen molar-refractivity contribution in [2.75, 3.05) is 45.9 Å². The van der Waals surface area contributed by atoms with Crippen molar-refractivity contribution in [2.24, 2.45) is 0 Å². The number of carbonyl (C=O) groups excluding carboxylic acids is 3. The molecular weight excluding hydrogens is 520 g/mol. The minimum Gasteiger partial charge on any atom is -0.493 e. The molecule has 4 N–H and O–H groups in total. The smallest absolute Gasteiger partial charge is 0.315 e. The van der Waals surface area contributed by atoms with Gasteiger partial charge in [-0.15, -0.1) is 0 Å². The van der Waals surface area contributed by atoms with E-state index in [1.165, 1.54) is 0 Å². The standard InChI is InChI=1S/C23H30N2O5.C5H8N2OS/c1-5-6-10-21(26)24-11-12-25-23(27)17-9-7-8-16(13-17)18-14-19(28-2)22(30-4)20(15-18)29-3;8-5-6-3-1-9-2-4(3)7-5/h7-9,13-15H,5-6,10-12H2,1-4H3,(H,24,26)(H,25,27);3-4H,1-2H2,(H2,6,7,8)/t;3-,4?/m.0/s1. The van der Waals surface area contributed by atoms with Crippen LogP contribution in [0.2, 0.25) is 0 Å². The molecule has 10 nitrogen and oxygen atoms in total. The van der Waals surface area contributed by atoms with E-state index in [-0.39, 0.29) is 17.8 Å². The Bertz CT molecular complexity index is 1110. The summed E-state index contributed by atoms with van der Waals surface area (Å²) in [5.74, 6) is 3.55. The fraction of sp³-hybridized carbons (Fsp3) is 0.464. The molecule has 0 saturated carbocycles. The molecule has 2 aromatic rings. The second kappa shape index (κ2) is 15.1. The van der Waals surface area contributed by atoms with Gasteiger partial charge in [-0.25, -0.2) is 4.79 Å². The Hall–Kier alpha value is -3.60. The molecule has 4 amide bonds. The van der Waals surface area contributed by atoms with E-state index in [9.17, 15) is 14.4 Å². The van der Waals surface area contributed by atoms with E-state index < -0.39 is 0 Å². The van der Waals surface area contributed by atoms with Crippen molar-refractivity contribution >= 4 is 29.6 Å². The minimum atomic E-state index is -0.202. The van der Waals surface area contributed by atoms with Gasteiger partial charge in [0.05, 0.1) is 33.4 Å². The monoisotopic (exact) mass is 558 g/mol. The van der Waals surface area contributed by atoms with Crippen molar-refractivity contribution in [3.05, 3.63) is 42.0 Å². The number of carbonyl (C=O) groups is 3. The molecular formula is C28H38N4O6S. The Kier molecular flexibility index (Phi) is 11.6. The number of thioether (sulfide) groups is 1. The number of urea groups is 1. The van der Waals surface area contributed by atoms with Gasteiger partial charge in [0.15, 0.2) is 11.5 Å². The molecule has 0 bridgehead atoms. The molecule has 2 saturated heterocycles. The topological polar surface area (TPSA) is 127 Å². The van der Waals surface area contributed by atoms with E-state index in [2.05, 4.69) is 21.3 Å². The second-order valence-corrected chi connectivity index (χ2v) is 10.1. The summed E-state index contributed by atoms with van der Waals surface area (Å²) in [4.78, 5) is 34.7. The van der Waals surface area contributed by atoms with E-state index >= 15 is 0 Å². The first kappa shape index (κ1) is 29.9. The predicted octanol–water partition coefficient (Wildman–Crippen LogP) is 3.20. The summed E-state index contributed by atoms with van der Waals surface area (Å²) >= 11 is 1.89. The Morgan fingerprint density at radius 3 is 2.15 bits per heavy atom. The lowest BCUT2D eigenvalue weighted by atomic mass is 10.0. The Morgan fingerprint density at radius 2 is 1.56 bits per heavy atom. The van der Waals surface area contributed by atoms with Crippen LogP contribution in [0.4, 0.5) is 4.79 Å². The molecule has 1 unspecified atom stereocenters. The summed E-state index contributed by atoms with van der Waals surface area (Å²) in [7, 11) is 4.68. The summed E-state index contributed by atoms with van der Waals surface area (Å²) in [6.07, 6.45) is 2.36. The van der Waals surface area contributed by atoms with Crippen LogP contribution in [0, 0.1) is 0 Å². The van der Waals surface area contributed by atoms with Crippen LogP contribution in [0.15, 0.2) is 36.4 Å². The maximum Gasteiger partial charge on any atom is 0.315 e. The molecule has 0 spiro atoms. The number of ether oxygens (including phenoxy) is 3. The summed E-state index contributed by atoms with van der Waals surface area (Å²) in [6, 6.07) is 11.8.